The monoisotopic (exact) mass is 163 g/mol. The highest BCUT2D eigenvalue weighted by Gasteiger charge is 2.05. The van der Waals surface area contributed by atoms with Crippen molar-refractivity contribution in [3.05, 3.63) is 34.7 Å². The van der Waals surface area contributed by atoms with Crippen LogP contribution in [-0.4, -0.2) is 5.11 Å². The maximum absolute atomic E-state index is 9.50. The molecule has 1 aromatic carbocycles. The first kappa shape index (κ1) is 9.11. The highest BCUT2D eigenvalue weighted by Crippen LogP contribution is 2.25. The normalized spacial score (nSPS) is 10.8. The fraction of sp³-hybridized carbons (Fsp3) is 0.364. The van der Waals surface area contributed by atoms with Crippen LogP contribution in [-0.2, 0) is 0 Å². The number of aryl methyl sites for hydroxylation is 2. The van der Waals surface area contributed by atoms with E-state index in [2.05, 4.69) is 13.8 Å². The molecule has 0 aliphatic rings. The van der Waals surface area contributed by atoms with Gasteiger partial charge in [-0.2, -0.15) is 0 Å². The van der Waals surface area contributed by atoms with E-state index in [1.54, 1.807) is 0 Å². The Balaban J connectivity index is 3.21. The van der Waals surface area contributed by atoms with Crippen molar-refractivity contribution in [2.24, 2.45) is 0 Å². The topological polar surface area (TPSA) is 20.2 Å². The molecule has 0 aliphatic carbocycles. The van der Waals surface area contributed by atoms with Gasteiger partial charge in [0.25, 0.3) is 0 Å². The van der Waals surface area contributed by atoms with Gasteiger partial charge in [-0.1, -0.05) is 26.0 Å². The highest BCUT2D eigenvalue weighted by molar-refractivity contribution is 5.45. The summed E-state index contributed by atoms with van der Waals surface area (Å²) in [5.74, 6) is 1.70. The van der Waals surface area contributed by atoms with E-state index >= 15 is 0 Å². The second-order valence-electron chi connectivity index (χ2n) is 3.46. The molecular weight excluding hydrogens is 148 g/mol. The SMILES string of the molecule is C[C](C)c1cc(C)c(O)c(C)c1. The molecule has 1 radical (unpaired) electrons. The fourth-order valence-corrected chi connectivity index (χ4v) is 1.24. The van der Waals surface area contributed by atoms with Crippen molar-refractivity contribution >= 4 is 0 Å². The van der Waals surface area contributed by atoms with Crippen LogP contribution >= 0.6 is 0 Å². The molecule has 1 N–H and O–H groups in total. The lowest BCUT2D eigenvalue weighted by molar-refractivity contribution is 0.466. The molecule has 12 heavy (non-hydrogen) atoms. The molecule has 0 saturated heterocycles. The lowest BCUT2D eigenvalue weighted by Gasteiger charge is -2.09. The number of phenols is 1. The highest BCUT2D eigenvalue weighted by atomic mass is 16.3. The smallest absolute Gasteiger partial charge is 0.121 e. The number of hydrogen-bond donors (Lipinski definition) is 1. The number of rotatable bonds is 1. The molecule has 0 unspecified atom stereocenters. The summed E-state index contributed by atoms with van der Waals surface area (Å²) in [6, 6.07) is 4.02. The molecule has 0 saturated carbocycles. The summed E-state index contributed by atoms with van der Waals surface area (Å²) in [6.07, 6.45) is 0. The maximum Gasteiger partial charge on any atom is 0.121 e. The third-order valence-electron chi connectivity index (χ3n) is 2.07. The van der Waals surface area contributed by atoms with E-state index in [0.29, 0.717) is 5.75 Å². The molecule has 1 heteroatoms. The second kappa shape index (κ2) is 3.18. The molecule has 0 aliphatic heterocycles. The predicted octanol–water partition coefficient (Wildman–Crippen LogP) is 2.97. The molecule has 0 atom stereocenters. The van der Waals surface area contributed by atoms with E-state index < -0.39 is 0 Å². The molecule has 0 spiro atoms. The van der Waals surface area contributed by atoms with Crippen molar-refractivity contribution in [2.75, 3.05) is 0 Å². The van der Waals surface area contributed by atoms with Crippen LogP contribution in [0.25, 0.3) is 0 Å². The predicted molar refractivity (Wildman–Crippen MR) is 51.3 cm³/mol. The molecule has 0 aromatic heterocycles. The molecule has 0 heterocycles. The van der Waals surface area contributed by atoms with E-state index in [1.807, 2.05) is 26.0 Å². The largest absolute Gasteiger partial charge is 0.507 e. The van der Waals surface area contributed by atoms with Gasteiger partial charge in [0.15, 0.2) is 0 Å². The zero-order valence-corrected chi connectivity index (χ0v) is 8.10. The van der Waals surface area contributed by atoms with Crippen molar-refractivity contribution in [3.63, 3.8) is 0 Å². The molecule has 0 fully saturated rings. The summed E-state index contributed by atoms with van der Waals surface area (Å²) in [4.78, 5) is 0. The zero-order chi connectivity index (χ0) is 9.30. The van der Waals surface area contributed by atoms with Crippen molar-refractivity contribution in [3.8, 4) is 5.75 Å². The van der Waals surface area contributed by atoms with Gasteiger partial charge < -0.3 is 5.11 Å². The Morgan fingerprint density at radius 2 is 1.50 bits per heavy atom. The van der Waals surface area contributed by atoms with E-state index in [4.69, 9.17) is 0 Å². The Bertz CT molecular complexity index is 264. The fourth-order valence-electron chi connectivity index (χ4n) is 1.24. The molecule has 1 aromatic rings. The third-order valence-corrected chi connectivity index (χ3v) is 2.07. The van der Waals surface area contributed by atoms with Crippen LogP contribution in [0, 0.1) is 19.8 Å². The van der Waals surface area contributed by atoms with Crippen molar-refractivity contribution in [2.45, 2.75) is 27.7 Å². The Morgan fingerprint density at radius 3 is 1.83 bits per heavy atom. The Kier molecular flexibility index (Phi) is 2.41. The standard InChI is InChI=1S/C11H15O/c1-7(2)10-5-8(3)11(12)9(4)6-10/h5-6,12H,1-4H3. The Labute approximate surface area is 74.1 Å². The van der Waals surface area contributed by atoms with Gasteiger partial charge in [-0.3, -0.25) is 0 Å². The van der Waals surface area contributed by atoms with Crippen LogP contribution in [0.15, 0.2) is 12.1 Å². The number of benzene rings is 1. The number of aromatic hydroxyl groups is 1. The van der Waals surface area contributed by atoms with Gasteiger partial charge in [0.2, 0.25) is 0 Å². The van der Waals surface area contributed by atoms with E-state index in [9.17, 15) is 5.11 Å². The maximum atomic E-state index is 9.50. The third kappa shape index (κ3) is 1.60. The van der Waals surface area contributed by atoms with Gasteiger partial charge in [-0.05, 0) is 36.5 Å². The minimum atomic E-state index is 0.417. The zero-order valence-electron chi connectivity index (χ0n) is 8.10. The van der Waals surface area contributed by atoms with Gasteiger partial charge in [0.1, 0.15) is 5.75 Å². The van der Waals surface area contributed by atoms with Crippen molar-refractivity contribution in [1.82, 2.24) is 0 Å². The molecule has 1 rings (SSSR count). The van der Waals surface area contributed by atoms with Gasteiger partial charge in [0, 0.05) is 0 Å². The number of phenolic OH excluding ortho intramolecular Hbond substituents is 1. The number of hydrogen-bond acceptors (Lipinski definition) is 1. The Hall–Kier alpha value is -0.980. The van der Waals surface area contributed by atoms with Gasteiger partial charge in [-0.25, -0.2) is 0 Å². The van der Waals surface area contributed by atoms with Gasteiger partial charge in [0.05, 0.1) is 0 Å². The molecular formula is C11H15O. The van der Waals surface area contributed by atoms with Crippen LogP contribution < -0.4 is 0 Å². The van der Waals surface area contributed by atoms with Crippen molar-refractivity contribution < 1.29 is 5.11 Å². The molecule has 0 bridgehead atoms. The van der Waals surface area contributed by atoms with E-state index in [-0.39, 0.29) is 0 Å². The summed E-state index contributed by atoms with van der Waals surface area (Å²) in [5.41, 5.74) is 3.11. The van der Waals surface area contributed by atoms with Crippen LogP contribution in [0.5, 0.6) is 5.75 Å². The lowest BCUT2D eigenvalue weighted by atomic mass is 9.98. The average Bonchev–Trinajstić information content (AvgIpc) is 1.99. The summed E-state index contributed by atoms with van der Waals surface area (Å²) in [7, 11) is 0. The average molecular weight is 163 g/mol. The minimum absolute atomic E-state index is 0.417. The summed E-state index contributed by atoms with van der Waals surface area (Å²) < 4.78 is 0. The summed E-state index contributed by atoms with van der Waals surface area (Å²) in [5, 5.41) is 9.50. The molecule has 65 valence electrons. The Morgan fingerprint density at radius 1 is 1.08 bits per heavy atom. The lowest BCUT2D eigenvalue weighted by Crippen LogP contribution is -1.91. The quantitative estimate of drug-likeness (QED) is 0.674. The van der Waals surface area contributed by atoms with Crippen LogP contribution in [0.4, 0.5) is 0 Å². The van der Waals surface area contributed by atoms with Crippen LogP contribution in [0.2, 0.25) is 0 Å². The van der Waals surface area contributed by atoms with Gasteiger partial charge >= 0.3 is 0 Å². The van der Waals surface area contributed by atoms with E-state index in [0.717, 1.165) is 11.1 Å². The first-order chi connectivity index (χ1) is 5.52. The second-order valence-corrected chi connectivity index (χ2v) is 3.46. The first-order valence-corrected chi connectivity index (χ1v) is 4.13. The van der Waals surface area contributed by atoms with E-state index in [1.165, 1.54) is 11.5 Å². The summed E-state index contributed by atoms with van der Waals surface area (Å²) in [6.45, 7) is 8.00. The summed E-state index contributed by atoms with van der Waals surface area (Å²) >= 11 is 0. The van der Waals surface area contributed by atoms with Crippen LogP contribution in [0.3, 0.4) is 0 Å². The van der Waals surface area contributed by atoms with Crippen molar-refractivity contribution in [1.29, 1.82) is 0 Å². The first-order valence-electron chi connectivity index (χ1n) is 4.13. The molecule has 1 nitrogen and oxygen atoms in total. The molecule has 0 amide bonds. The minimum Gasteiger partial charge on any atom is -0.507 e. The van der Waals surface area contributed by atoms with Crippen LogP contribution in [0.1, 0.15) is 30.5 Å². The van der Waals surface area contributed by atoms with Gasteiger partial charge in [-0.15, -0.1) is 0 Å².